The van der Waals surface area contributed by atoms with Gasteiger partial charge in [-0.3, -0.25) is 24.6 Å². The summed E-state index contributed by atoms with van der Waals surface area (Å²) in [5.74, 6) is -0.0529. The van der Waals surface area contributed by atoms with Gasteiger partial charge in [-0.25, -0.2) is 4.98 Å². The first kappa shape index (κ1) is 46.8. The molecule has 66 heavy (non-hydrogen) atoms. The number of para-hydroxylation sites is 1. The zero-order valence-corrected chi connectivity index (χ0v) is 39.3. The van der Waals surface area contributed by atoms with Crippen molar-refractivity contribution in [3.05, 3.63) is 117 Å². The molecule has 18 heteroatoms. The first-order chi connectivity index (χ1) is 31.7. The zero-order chi connectivity index (χ0) is 46.5. The highest BCUT2D eigenvalue weighted by atomic mass is 35.5. The fourth-order valence-corrected chi connectivity index (χ4v) is 9.74. The number of aromatic nitrogens is 2. The minimum Gasteiger partial charge on any atom is -0.588 e. The van der Waals surface area contributed by atoms with Crippen molar-refractivity contribution in [1.82, 2.24) is 29.4 Å². The van der Waals surface area contributed by atoms with Crippen LogP contribution in [0.3, 0.4) is 0 Å². The Hall–Kier alpha value is -5.69. The number of hydrogen-bond acceptors (Lipinski definition) is 12. The molecular formula is C48H56ClN9O7S. The quantitative estimate of drug-likeness (QED) is 0.0540. The van der Waals surface area contributed by atoms with Crippen molar-refractivity contribution in [3.63, 3.8) is 0 Å². The number of nitrogens with zero attached hydrogens (tertiary/aromatic N) is 6. The van der Waals surface area contributed by atoms with E-state index in [9.17, 15) is 24.3 Å². The molecule has 0 saturated carbocycles. The molecule has 3 aliphatic rings. The molecule has 4 aromatic carbocycles. The van der Waals surface area contributed by atoms with Crippen LogP contribution in [-0.2, 0) is 20.9 Å². The van der Waals surface area contributed by atoms with Crippen molar-refractivity contribution in [1.29, 1.82) is 0 Å². The first-order valence-corrected chi connectivity index (χ1v) is 23.7. The number of amides is 2. The Morgan fingerprint density at radius 3 is 2.58 bits per heavy atom. The maximum atomic E-state index is 14.0. The molecule has 0 spiro atoms. The van der Waals surface area contributed by atoms with Crippen LogP contribution in [0.25, 0.3) is 16.6 Å². The number of allylic oxidation sites excluding steroid dienone is 1. The highest BCUT2D eigenvalue weighted by Gasteiger charge is 2.31. The number of likely N-dealkylation sites (N-methyl/N-ethyl adjacent to an activating group) is 1. The van der Waals surface area contributed by atoms with Gasteiger partial charge in [0, 0.05) is 69.1 Å². The molecule has 2 atom stereocenters. The molecule has 0 radical (unpaired) electrons. The summed E-state index contributed by atoms with van der Waals surface area (Å²) < 4.78 is 28.6. The van der Waals surface area contributed by atoms with Crippen LogP contribution in [0.5, 0.6) is 11.5 Å². The molecule has 1 aliphatic carbocycles. The Balaban J connectivity index is 0.964. The number of rotatable bonds is 15. The van der Waals surface area contributed by atoms with E-state index in [0.29, 0.717) is 31.0 Å². The number of carbonyl (C=O) groups is 2. The fraction of sp³-hybridized carbons (Fsp3) is 0.396. The summed E-state index contributed by atoms with van der Waals surface area (Å²) >= 11 is 4.07. The lowest BCUT2D eigenvalue weighted by atomic mass is 9.72. The van der Waals surface area contributed by atoms with Gasteiger partial charge < -0.3 is 39.0 Å². The number of carbonyl (C=O) groups excluding carboxylic acids is 2. The van der Waals surface area contributed by atoms with Gasteiger partial charge >= 0.3 is 0 Å². The average Bonchev–Trinajstić information content (AvgIpc) is 3.79. The van der Waals surface area contributed by atoms with Crippen LogP contribution in [0.4, 0.5) is 17.1 Å². The monoisotopic (exact) mass is 937 g/mol. The summed E-state index contributed by atoms with van der Waals surface area (Å²) in [6.07, 6.45) is 4.40. The third-order valence-electron chi connectivity index (χ3n) is 12.4. The van der Waals surface area contributed by atoms with Gasteiger partial charge in [-0.2, -0.15) is 4.72 Å². The second-order valence-corrected chi connectivity index (χ2v) is 19.8. The maximum absolute atomic E-state index is 14.0. The summed E-state index contributed by atoms with van der Waals surface area (Å²) in [6.45, 7) is 10.4. The van der Waals surface area contributed by atoms with E-state index >= 15 is 0 Å². The second-order valence-electron chi connectivity index (χ2n) is 18.1. The molecule has 2 amide bonds. The number of piperazine rings is 1. The number of H-pyrrole nitrogens is 1. The minimum atomic E-state index is -2.18. The molecule has 1 aromatic heterocycles. The predicted octanol–water partition coefficient (Wildman–Crippen LogP) is 7.36. The van der Waals surface area contributed by atoms with Gasteiger partial charge in [-0.15, -0.1) is 0 Å². The number of nitro groups is 1. The fourth-order valence-electron chi connectivity index (χ4n) is 8.81. The van der Waals surface area contributed by atoms with Crippen LogP contribution in [0.15, 0.2) is 95.7 Å². The van der Waals surface area contributed by atoms with Crippen LogP contribution < -0.4 is 19.7 Å². The molecule has 16 nitrogen and oxygen atoms in total. The van der Waals surface area contributed by atoms with Gasteiger partial charge in [0.25, 0.3) is 11.6 Å². The lowest BCUT2D eigenvalue weighted by Crippen LogP contribution is -2.50. The zero-order valence-electron chi connectivity index (χ0n) is 37.7. The van der Waals surface area contributed by atoms with Crippen LogP contribution in [0.2, 0.25) is 5.02 Å². The Morgan fingerprint density at radius 2 is 1.82 bits per heavy atom. The molecule has 1 unspecified atom stereocenters. The first-order valence-electron chi connectivity index (χ1n) is 22.2. The number of hydrogen-bond donors (Lipinski definition) is 3. The van der Waals surface area contributed by atoms with Crippen LogP contribution in [0, 0.1) is 15.5 Å². The number of imidazole rings is 1. The Morgan fingerprint density at radius 1 is 1.03 bits per heavy atom. The molecule has 5 aromatic rings. The van der Waals surface area contributed by atoms with Crippen LogP contribution >= 0.6 is 11.6 Å². The summed E-state index contributed by atoms with van der Waals surface area (Å²) in [5.41, 5.74) is 6.55. The molecule has 2 fully saturated rings. The minimum absolute atomic E-state index is 0.0238. The third-order valence-corrected chi connectivity index (χ3v) is 13.7. The topological polar surface area (TPSA) is 184 Å². The van der Waals surface area contributed by atoms with Crippen LogP contribution in [0.1, 0.15) is 49.0 Å². The molecule has 2 aliphatic heterocycles. The number of fused-ring (bicyclic) bond motifs is 1. The number of morpholine rings is 1. The number of nitro benzene ring substituents is 1. The van der Waals surface area contributed by atoms with Crippen molar-refractivity contribution in [2.24, 2.45) is 5.41 Å². The SMILES string of the molecule is CN(C)CC(=O)N1CCO[C@H](CNc2ccc([S+]([O-])NC(=O)c3ccc(N4CCN(CC5=C(c6ccc(Cl)cc6)CC(C)(C)CC5)CC4)cc3Oc3cccc4[nH]cnc34)cc2[N+](=O)[O-])C1. The second kappa shape index (κ2) is 20.4. The molecule has 2 saturated heterocycles. The van der Waals surface area contributed by atoms with E-state index in [1.54, 1.807) is 28.3 Å². The number of anilines is 2. The Bertz CT molecular complexity index is 2600. The largest absolute Gasteiger partial charge is 0.588 e. The van der Waals surface area contributed by atoms with Crippen LogP contribution in [-0.4, -0.2) is 132 Å². The number of halogens is 1. The molecule has 3 N–H and O–H groups in total. The normalized spacial score (nSPS) is 18.4. The van der Waals surface area contributed by atoms with Gasteiger partial charge in [0.15, 0.2) is 10.6 Å². The Kier molecular flexibility index (Phi) is 14.5. The van der Waals surface area contributed by atoms with Crippen molar-refractivity contribution in [2.45, 2.75) is 44.1 Å². The average molecular weight is 939 g/mol. The van der Waals surface area contributed by atoms with Gasteiger partial charge in [-0.05, 0) is 98.4 Å². The van der Waals surface area contributed by atoms with E-state index in [2.05, 4.69) is 55.8 Å². The number of nitrogens with one attached hydrogen (secondary N) is 3. The smallest absolute Gasteiger partial charge is 0.297 e. The lowest BCUT2D eigenvalue weighted by molar-refractivity contribution is -0.384. The van der Waals surface area contributed by atoms with Crippen molar-refractivity contribution in [2.75, 3.05) is 89.8 Å². The number of aromatic amines is 1. The third kappa shape index (κ3) is 11.3. The van der Waals surface area contributed by atoms with Gasteiger partial charge in [-0.1, -0.05) is 49.2 Å². The van der Waals surface area contributed by atoms with E-state index in [-0.39, 0.29) is 52.0 Å². The standard InChI is InChI=1S/C48H56ClN9O7S/c1-48(2)17-16-33(39(26-48)32-8-10-34(49)11-9-32)28-55-18-20-56(21-19-55)35-12-14-38(44(24-35)65-43-7-5-6-41-46(43)52-31-51-41)47(60)53-66(63)37-13-15-40(42(25-37)58(61)62)50-27-36-29-57(22-23-64-36)45(59)30-54(3)4/h5-15,24-25,31,36,50H,16-23,26-30H2,1-4H3,(H,51,52)(H,53,60)/t36-,66?/m1/s1. The summed E-state index contributed by atoms with van der Waals surface area (Å²) in [5, 5.41) is 16.0. The molecule has 348 valence electrons. The van der Waals surface area contributed by atoms with Crippen molar-refractivity contribution >= 4 is 68.4 Å². The summed E-state index contributed by atoms with van der Waals surface area (Å²) in [4.78, 5) is 54.2. The van der Waals surface area contributed by atoms with Gasteiger partial charge in [0.2, 0.25) is 5.91 Å². The van der Waals surface area contributed by atoms with Gasteiger partial charge in [0.05, 0.1) is 47.7 Å². The van der Waals surface area contributed by atoms with Crippen molar-refractivity contribution < 1.29 is 28.5 Å². The molecule has 8 rings (SSSR count). The predicted molar refractivity (Wildman–Crippen MR) is 258 cm³/mol. The summed E-state index contributed by atoms with van der Waals surface area (Å²) in [7, 11) is 3.65. The van der Waals surface area contributed by atoms with Gasteiger partial charge in [0.1, 0.15) is 28.3 Å². The number of benzene rings is 4. The number of ether oxygens (including phenoxy) is 2. The van der Waals surface area contributed by atoms with E-state index in [1.165, 1.54) is 34.9 Å². The Labute approximate surface area is 392 Å². The highest BCUT2D eigenvalue weighted by Crippen LogP contribution is 2.43. The van der Waals surface area contributed by atoms with E-state index < -0.39 is 28.3 Å². The highest BCUT2D eigenvalue weighted by molar-refractivity contribution is 7.90. The molecule has 0 bridgehead atoms. The van der Waals surface area contributed by atoms with E-state index in [4.69, 9.17) is 21.1 Å². The van der Waals surface area contributed by atoms with E-state index in [1.807, 2.05) is 50.5 Å². The maximum Gasteiger partial charge on any atom is 0.297 e. The van der Waals surface area contributed by atoms with Crippen molar-refractivity contribution in [3.8, 4) is 11.5 Å². The molecular weight excluding hydrogens is 882 g/mol. The van der Waals surface area contributed by atoms with E-state index in [0.717, 1.165) is 68.2 Å². The lowest BCUT2D eigenvalue weighted by Gasteiger charge is -2.39. The summed E-state index contributed by atoms with van der Waals surface area (Å²) in [6, 6.07) is 23.1. The molecule has 3 heterocycles.